The number of rotatable bonds is 3. The van der Waals surface area contributed by atoms with Gasteiger partial charge in [0.15, 0.2) is 5.78 Å². The summed E-state index contributed by atoms with van der Waals surface area (Å²) in [5, 5.41) is 10.2. The van der Waals surface area contributed by atoms with Crippen molar-refractivity contribution in [1.29, 1.82) is 0 Å². The fourth-order valence-corrected chi connectivity index (χ4v) is 2.67. The van der Waals surface area contributed by atoms with Crippen molar-refractivity contribution in [3.63, 3.8) is 0 Å². The van der Waals surface area contributed by atoms with Gasteiger partial charge in [-0.1, -0.05) is 28.1 Å². The van der Waals surface area contributed by atoms with Crippen LogP contribution in [0.15, 0.2) is 28.7 Å². The Morgan fingerprint density at radius 1 is 0.917 bits per heavy atom. The van der Waals surface area contributed by atoms with E-state index in [-0.39, 0.29) is 30.7 Å². The summed E-state index contributed by atoms with van der Waals surface area (Å²) in [6, 6.07) is 7.59. The average molecular weight is 453 g/mol. The Kier molecular flexibility index (Phi) is 13.9. The Morgan fingerprint density at radius 2 is 1.38 bits per heavy atom. The van der Waals surface area contributed by atoms with E-state index in [0.717, 1.165) is 62.4 Å². The molecule has 0 bridgehead atoms. The predicted octanol–water partition coefficient (Wildman–Crippen LogP) is -0.111. The fourth-order valence-electron chi connectivity index (χ4n) is 2.40. The third-order valence-electron chi connectivity index (χ3n) is 3.70. The van der Waals surface area contributed by atoms with Gasteiger partial charge in [0, 0.05) is 62.4 Å². The SMILES string of the molecule is O.O=C(CN1CCNCCNCCNCC1)c1ccc(Br)cc1.[Zn+2]. The van der Waals surface area contributed by atoms with Crippen LogP contribution >= 0.6 is 15.9 Å². The van der Waals surface area contributed by atoms with Crippen LogP contribution < -0.4 is 16.0 Å². The topological polar surface area (TPSA) is 87.9 Å². The van der Waals surface area contributed by atoms with Crippen molar-refractivity contribution in [3.05, 3.63) is 34.3 Å². The smallest absolute Gasteiger partial charge is 0.412 e. The van der Waals surface area contributed by atoms with Crippen molar-refractivity contribution >= 4 is 21.7 Å². The molecule has 1 heterocycles. The number of carbonyl (C=O) groups excluding carboxylic acids is 1. The second kappa shape index (κ2) is 14.0. The second-order valence-corrected chi connectivity index (χ2v) is 6.37. The molecule has 0 unspecified atom stereocenters. The Balaban J connectivity index is 0.00000264. The number of Topliss-reactive ketones (excluding diaryl/α,β-unsaturated/α-hetero) is 1. The first-order valence-corrected chi connectivity index (χ1v) is 8.68. The molecular weight excluding hydrogens is 425 g/mol. The fraction of sp³-hybridized carbons (Fsp3) is 0.562. The van der Waals surface area contributed by atoms with Gasteiger partial charge in [0.2, 0.25) is 0 Å². The first kappa shape index (κ1) is 23.8. The summed E-state index contributed by atoms with van der Waals surface area (Å²) in [5.41, 5.74) is 0.777. The van der Waals surface area contributed by atoms with Crippen LogP contribution in [0.3, 0.4) is 0 Å². The standard InChI is InChI=1S/C16H25BrN4O.H2O.Zn/c17-15-3-1-14(2-4-15)16(22)13-21-11-9-19-7-5-18-6-8-20-10-12-21;;/h1-4,18-20H,5-13H2;1H2;/q;;+2. The van der Waals surface area contributed by atoms with Crippen molar-refractivity contribution in [2.24, 2.45) is 0 Å². The minimum Gasteiger partial charge on any atom is -0.412 e. The number of nitrogens with zero attached hydrogens (tertiary/aromatic N) is 1. The summed E-state index contributed by atoms with van der Waals surface area (Å²) in [4.78, 5) is 14.6. The zero-order valence-corrected chi connectivity index (χ0v) is 18.7. The number of benzene rings is 1. The van der Waals surface area contributed by atoms with Crippen LogP contribution in [0.2, 0.25) is 0 Å². The summed E-state index contributed by atoms with van der Waals surface area (Å²) in [7, 11) is 0. The second-order valence-electron chi connectivity index (χ2n) is 5.46. The van der Waals surface area contributed by atoms with Crippen LogP contribution in [0.25, 0.3) is 0 Å². The average Bonchev–Trinajstić information content (AvgIpc) is 2.50. The van der Waals surface area contributed by atoms with E-state index in [0.29, 0.717) is 6.54 Å². The molecule has 1 fully saturated rings. The van der Waals surface area contributed by atoms with E-state index in [1.807, 2.05) is 24.3 Å². The molecule has 6 nitrogen and oxygen atoms in total. The van der Waals surface area contributed by atoms with E-state index in [2.05, 4.69) is 36.8 Å². The van der Waals surface area contributed by atoms with Gasteiger partial charge in [-0.15, -0.1) is 0 Å². The van der Waals surface area contributed by atoms with Gasteiger partial charge in [-0.3, -0.25) is 9.69 Å². The van der Waals surface area contributed by atoms with E-state index in [9.17, 15) is 4.79 Å². The minimum absolute atomic E-state index is 0. The van der Waals surface area contributed by atoms with Gasteiger partial charge in [-0.25, -0.2) is 0 Å². The zero-order chi connectivity index (χ0) is 15.6. The largest absolute Gasteiger partial charge is 2.00 e. The van der Waals surface area contributed by atoms with E-state index >= 15 is 0 Å². The minimum atomic E-state index is 0. The summed E-state index contributed by atoms with van der Waals surface area (Å²) < 4.78 is 0.998. The molecule has 1 aromatic rings. The van der Waals surface area contributed by atoms with Crippen LogP contribution in [0, 0.1) is 0 Å². The molecule has 1 saturated heterocycles. The van der Waals surface area contributed by atoms with Crippen LogP contribution in [-0.2, 0) is 19.5 Å². The molecule has 130 valence electrons. The van der Waals surface area contributed by atoms with Gasteiger partial charge in [0.25, 0.3) is 0 Å². The number of halogens is 1. The first-order chi connectivity index (χ1) is 10.8. The zero-order valence-electron chi connectivity index (χ0n) is 14.1. The Bertz CT molecular complexity index is 450. The molecule has 1 aliphatic heterocycles. The molecule has 0 radical (unpaired) electrons. The maximum absolute atomic E-state index is 12.4. The van der Waals surface area contributed by atoms with Crippen LogP contribution in [-0.4, -0.2) is 75.1 Å². The molecule has 0 atom stereocenters. The van der Waals surface area contributed by atoms with Crippen LogP contribution in [0.1, 0.15) is 10.4 Å². The van der Waals surface area contributed by atoms with E-state index in [1.54, 1.807) is 0 Å². The quantitative estimate of drug-likeness (QED) is 0.440. The van der Waals surface area contributed by atoms with Gasteiger partial charge >= 0.3 is 19.5 Å². The molecule has 2 rings (SSSR count). The Labute approximate surface area is 165 Å². The van der Waals surface area contributed by atoms with E-state index in [1.165, 1.54) is 0 Å². The number of nitrogens with one attached hydrogen (secondary N) is 3. The third kappa shape index (κ3) is 9.32. The van der Waals surface area contributed by atoms with Crippen molar-refractivity contribution in [2.45, 2.75) is 0 Å². The molecule has 1 aliphatic rings. The number of hydrogen-bond donors (Lipinski definition) is 3. The molecule has 0 saturated carbocycles. The number of carbonyl (C=O) groups is 1. The van der Waals surface area contributed by atoms with Crippen molar-refractivity contribution in [3.8, 4) is 0 Å². The maximum Gasteiger partial charge on any atom is 2.00 e. The number of ketones is 1. The maximum atomic E-state index is 12.4. The summed E-state index contributed by atoms with van der Waals surface area (Å²) in [6.07, 6.45) is 0. The van der Waals surface area contributed by atoms with Crippen molar-refractivity contribution < 1.29 is 29.7 Å². The molecule has 0 amide bonds. The third-order valence-corrected chi connectivity index (χ3v) is 4.23. The monoisotopic (exact) mass is 450 g/mol. The normalized spacial score (nSPS) is 17.5. The van der Waals surface area contributed by atoms with E-state index in [4.69, 9.17) is 0 Å². The summed E-state index contributed by atoms with van der Waals surface area (Å²) in [6.45, 7) is 7.99. The number of hydrogen-bond acceptors (Lipinski definition) is 5. The van der Waals surface area contributed by atoms with Gasteiger partial charge in [0.1, 0.15) is 0 Å². The van der Waals surface area contributed by atoms with Crippen molar-refractivity contribution in [2.75, 3.05) is 58.9 Å². The Hall–Kier alpha value is -0.207. The van der Waals surface area contributed by atoms with Gasteiger partial charge in [-0.2, -0.15) is 0 Å². The molecule has 0 spiro atoms. The summed E-state index contributed by atoms with van der Waals surface area (Å²) >= 11 is 3.40. The van der Waals surface area contributed by atoms with Crippen LogP contribution in [0.4, 0.5) is 0 Å². The predicted molar refractivity (Wildman–Crippen MR) is 97.1 cm³/mol. The molecule has 0 aromatic heterocycles. The van der Waals surface area contributed by atoms with Gasteiger partial charge in [-0.05, 0) is 12.1 Å². The Morgan fingerprint density at radius 3 is 1.88 bits per heavy atom. The molecule has 5 N–H and O–H groups in total. The van der Waals surface area contributed by atoms with E-state index < -0.39 is 0 Å². The summed E-state index contributed by atoms with van der Waals surface area (Å²) in [5.74, 6) is 0.182. The molecule has 0 aliphatic carbocycles. The van der Waals surface area contributed by atoms with Crippen molar-refractivity contribution in [1.82, 2.24) is 20.9 Å². The first-order valence-electron chi connectivity index (χ1n) is 7.89. The molecule has 24 heavy (non-hydrogen) atoms. The van der Waals surface area contributed by atoms with Gasteiger partial charge < -0.3 is 21.4 Å². The molecule has 1 aromatic carbocycles. The molecule has 8 heteroatoms. The molecular formula is C16H27BrN4O2Zn+2. The van der Waals surface area contributed by atoms with Gasteiger partial charge in [0.05, 0.1) is 6.54 Å². The van der Waals surface area contributed by atoms with Crippen LogP contribution in [0.5, 0.6) is 0 Å².